The van der Waals surface area contributed by atoms with E-state index in [1.807, 2.05) is 24.3 Å². The SMILES string of the molecule is C#Cc1ccccc1NN.Cl. The Morgan fingerprint density at radius 2 is 2.00 bits per heavy atom. The molecule has 0 aromatic heterocycles. The zero-order valence-electron chi connectivity index (χ0n) is 5.87. The van der Waals surface area contributed by atoms with Crippen molar-refractivity contribution >= 4 is 18.1 Å². The topological polar surface area (TPSA) is 38.0 Å². The van der Waals surface area contributed by atoms with Crippen LogP contribution < -0.4 is 11.3 Å². The standard InChI is InChI=1S/C8H8N2.ClH/c1-2-7-5-3-4-6-8(7)10-9;/h1,3-6,10H,9H2;1H. The molecule has 2 nitrogen and oxygen atoms in total. The van der Waals surface area contributed by atoms with Gasteiger partial charge in [0.25, 0.3) is 0 Å². The molecule has 0 amide bonds. The highest BCUT2D eigenvalue weighted by atomic mass is 35.5. The van der Waals surface area contributed by atoms with Crippen LogP contribution in [0.4, 0.5) is 5.69 Å². The lowest BCUT2D eigenvalue weighted by atomic mass is 10.2. The van der Waals surface area contributed by atoms with Gasteiger partial charge in [-0.05, 0) is 12.1 Å². The second kappa shape index (κ2) is 4.62. The van der Waals surface area contributed by atoms with Gasteiger partial charge in [0.15, 0.2) is 0 Å². The molecule has 1 rings (SSSR count). The quantitative estimate of drug-likeness (QED) is 0.378. The summed E-state index contributed by atoms with van der Waals surface area (Å²) in [5, 5.41) is 0. The third-order valence-corrected chi connectivity index (χ3v) is 1.24. The van der Waals surface area contributed by atoms with Crippen molar-refractivity contribution in [2.75, 3.05) is 5.43 Å². The maximum absolute atomic E-state index is 5.18. The fraction of sp³-hybridized carbons (Fsp3) is 0. The Morgan fingerprint density at radius 3 is 2.45 bits per heavy atom. The van der Waals surface area contributed by atoms with Gasteiger partial charge in [-0.2, -0.15) is 0 Å². The van der Waals surface area contributed by atoms with Gasteiger partial charge in [0, 0.05) is 5.56 Å². The van der Waals surface area contributed by atoms with E-state index in [1.165, 1.54) is 0 Å². The Balaban J connectivity index is 0.000001000. The Kier molecular flexibility index (Phi) is 4.12. The summed E-state index contributed by atoms with van der Waals surface area (Å²) >= 11 is 0. The van der Waals surface area contributed by atoms with E-state index in [0.29, 0.717) is 0 Å². The minimum absolute atomic E-state index is 0. The summed E-state index contributed by atoms with van der Waals surface area (Å²) in [5.41, 5.74) is 4.07. The van der Waals surface area contributed by atoms with Crippen molar-refractivity contribution in [2.45, 2.75) is 0 Å². The van der Waals surface area contributed by atoms with Gasteiger partial charge < -0.3 is 5.43 Å². The van der Waals surface area contributed by atoms with Crippen molar-refractivity contribution in [2.24, 2.45) is 5.84 Å². The number of para-hydroxylation sites is 1. The van der Waals surface area contributed by atoms with E-state index in [0.717, 1.165) is 11.3 Å². The van der Waals surface area contributed by atoms with Crippen LogP contribution in [0.1, 0.15) is 5.56 Å². The van der Waals surface area contributed by atoms with Gasteiger partial charge in [0.1, 0.15) is 0 Å². The van der Waals surface area contributed by atoms with Gasteiger partial charge in [0.2, 0.25) is 0 Å². The van der Waals surface area contributed by atoms with Crippen molar-refractivity contribution in [3.63, 3.8) is 0 Å². The summed E-state index contributed by atoms with van der Waals surface area (Å²) in [4.78, 5) is 0. The van der Waals surface area contributed by atoms with Crippen LogP contribution in [-0.4, -0.2) is 0 Å². The highest BCUT2D eigenvalue weighted by molar-refractivity contribution is 5.85. The minimum atomic E-state index is 0. The molecule has 3 heteroatoms. The van der Waals surface area contributed by atoms with Crippen LogP contribution in [0, 0.1) is 12.3 Å². The third-order valence-electron chi connectivity index (χ3n) is 1.24. The first-order valence-corrected chi connectivity index (χ1v) is 2.90. The molecule has 1 aromatic carbocycles. The number of nitrogens with one attached hydrogen (secondary N) is 1. The molecule has 0 unspecified atom stereocenters. The second-order valence-corrected chi connectivity index (χ2v) is 1.83. The molecule has 1 aromatic rings. The first-order chi connectivity index (χ1) is 4.88. The van der Waals surface area contributed by atoms with Gasteiger partial charge in [-0.3, -0.25) is 5.84 Å². The largest absolute Gasteiger partial charge is 0.323 e. The number of hydrazine groups is 1. The molecule has 0 radical (unpaired) electrons. The molecule has 0 atom stereocenters. The van der Waals surface area contributed by atoms with Crippen LogP contribution in [0.3, 0.4) is 0 Å². The Hall–Kier alpha value is -1.17. The number of anilines is 1. The molecule has 0 saturated carbocycles. The van der Waals surface area contributed by atoms with Gasteiger partial charge in [-0.25, -0.2) is 0 Å². The molecule has 0 aliphatic heterocycles. The molecule has 11 heavy (non-hydrogen) atoms. The van der Waals surface area contributed by atoms with Crippen molar-refractivity contribution in [1.82, 2.24) is 0 Å². The fourth-order valence-electron chi connectivity index (χ4n) is 0.735. The van der Waals surface area contributed by atoms with Crippen molar-refractivity contribution in [3.05, 3.63) is 29.8 Å². The van der Waals surface area contributed by atoms with Crippen molar-refractivity contribution in [1.29, 1.82) is 0 Å². The fourth-order valence-corrected chi connectivity index (χ4v) is 0.735. The zero-order valence-corrected chi connectivity index (χ0v) is 6.69. The van der Waals surface area contributed by atoms with Crippen molar-refractivity contribution < 1.29 is 0 Å². The highest BCUT2D eigenvalue weighted by Gasteiger charge is 1.92. The van der Waals surface area contributed by atoms with Gasteiger partial charge in [-0.15, -0.1) is 18.8 Å². The second-order valence-electron chi connectivity index (χ2n) is 1.83. The molecule has 0 aliphatic rings. The smallest absolute Gasteiger partial charge is 0.0641 e. The third kappa shape index (κ3) is 2.15. The average molecular weight is 169 g/mol. The summed E-state index contributed by atoms with van der Waals surface area (Å²) in [6, 6.07) is 7.40. The van der Waals surface area contributed by atoms with E-state index in [2.05, 4.69) is 11.3 Å². The molecular formula is C8H9ClN2. The number of nitrogen functional groups attached to an aromatic ring is 1. The molecule has 0 bridgehead atoms. The molecule has 3 N–H and O–H groups in total. The normalized spacial score (nSPS) is 7.64. The van der Waals surface area contributed by atoms with E-state index in [9.17, 15) is 0 Å². The number of hydrogen-bond acceptors (Lipinski definition) is 2. The number of hydrogen-bond donors (Lipinski definition) is 2. The van der Waals surface area contributed by atoms with E-state index < -0.39 is 0 Å². The van der Waals surface area contributed by atoms with Gasteiger partial charge in [0.05, 0.1) is 5.69 Å². The van der Waals surface area contributed by atoms with Crippen LogP contribution in [0.25, 0.3) is 0 Å². The summed E-state index contributed by atoms with van der Waals surface area (Å²) in [7, 11) is 0. The first kappa shape index (κ1) is 9.83. The first-order valence-electron chi connectivity index (χ1n) is 2.90. The zero-order chi connectivity index (χ0) is 7.40. The lowest BCUT2D eigenvalue weighted by Gasteiger charge is -2.00. The summed E-state index contributed by atoms with van der Waals surface area (Å²) in [6.45, 7) is 0. The van der Waals surface area contributed by atoms with Crippen LogP contribution in [-0.2, 0) is 0 Å². The minimum Gasteiger partial charge on any atom is -0.323 e. The van der Waals surface area contributed by atoms with Crippen LogP contribution in [0.5, 0.6) is 0 Å². The number of benzene rings is 1. The monoisotopic (exact) mass is 168 g/mol. The maximum atomic E-state index is 5.18. The Labute approximate surface area is 72.2 Å². The lowest BCUT2D eigenvalue weighted by Crippen LogP contribution is -2.07. The Morgan fingerprint density at radius 1 is 1.36 bits per heavy atom. The van der Waals surface area contributed by atoms with Gasteiger partial charge in [-0.1, -0.05) is 18.1 Å². The van der Waals surface area contributed by atoms with Crippen LogP contribution >= 0.6 is 12.4 Å². The maximum Gasteiger partial charge on any atom is 0.0641 e. The molecule has 0 fully saturated rings. The van der Waals surface area contributed by atoms with E-state index in [4.69, 9.17) is 12.3 Å². The molecule has 0 spiro atoms. The highest BCUT2D eigenvalue weighted by Crippen LogP contribution is 2.10. The van der Waals surface area contributed by atoms with E-state index in [1.54, 1.807) is 0 Å². The van der Waals surface area contributed by atoms with Crippen LogP contribution in [0.15, 0.2) is 24.3 Å². The molecule has 0 aliphatic carbocycles. The number of terminal acetylenes is 1. The van der Waals surface area contributed by atoms with Crippen molar-refractivity contribution in [3.8, 4) is 12.3 Å². The summed E-state index contributed by atoms with van der Waals surface area (Å²) in [6.07, 6.45) is 5.18. The number of rotatable bonds is 1. The molecular weight excluding hydrogens is 160 g/mol. The molecule has 58 valence electrons. The molecule has 0 heterocycles. The van der Waals surface area contributed by atoms with Crippen LogP contribution in [0.2, 0.25) is 0 Å². The number of nitrogens with two attached hydrogens (primary N) is 1. The van der Waals surface area contributed by atoms with E-state index in [-0.39, 0.29) is 12.4 Å². The van der Waals surface area contributed by atoms with E-state index >= 15 is 0 Å². The number of halogens is 1. The molecule has 0 saturated heterocycles. The lowest BCUT2D eigenvalue weighted by molar-refractivity contribution is 1.34. The Bertz CT molecular complexity index is 265. The predicted molar refractivity (Wildman–Crippen MR) is 49.4 cm³/mol. The summed E-state index contributed by atoms with van der Waals surface area (Å²) < 4.78 is 0. The predicted octanol–water partition coefficient (Wildman–Crippen LogP) is 1.38. The average Bonchev–Trinajstić information content (AvgIpc) is 2.04. The van der Waals surface area contributed by atoms with Gasteiger partial charge >= 0.3 is 0 Å². The summed E-state index contributed by atoms with van der Waals surface area (Å²) in [5.74, 6) is 7.68.